The molecule has 3 amide bonds. The number of carbonyl (C=O) groups is 2. The molecule has 0 bridgehead atoms. The number of halogens is 2. The number of rotatable bonds is 4. The molecule has 0 aromatic heterocycles. The number of urea groups is 1. The highest BCUT2D eigenvalue weighted by atomic mass is 35.5. The summed E-state index contributed by atoms with van der Waals surface area (Å²) in [5, 5.41) is 3.17. The average Bonchev–Trinajstić information content (AvgIpc) is 2.98. The zero-order valence-electron chi connectivity index (χ0n) is 18.7. The minimum absolute atomic E-state index is 0.0285. The lowest BCUT2D eigenvalue weighted by Crippen LogP contribution is -2.48. The van der Waals surface area contributed by atoms with Gasteiger partial charge in [0.15, 0.2) is 0 Å². The van der Waals surface area contributed by atoms with Crippen LogP contribution in [0.2, 0.25) is 5.02 Å². The molecule has 2 aliphatic rings. The number of amides is 3. The number of nitrogens with zero attached hydrogens (tertiary/aromatic N) is 2. The summed E-state index contributed by atoms with van der Waals surface area (Å²) in [5.74, 6) is -0.466. The lowest BCUT2D eigenvalue weighted by atomic mass is 9.79. The van der Waals surface area contributed by atoms with E-state index >= 15 is 0 Å². The second kappa shape index (κ2) is 8.24. The van der Waals surface area contributed by atoms with Crippen LogP contribution < -0.4 is 10.2 Å². The van der Waals surface area contributed by atoms with Gasteiger partial charge in [-0.1, -0.05) is 30.7 Å². The molecule has 1 saturated heterocycles. The molecule has 0 spiro atoms. The van der Waals surface area contributed by atoms with Gasteiger partial charge in [-0.2, -0.15) is 0 Å². The number of hydrogen-bond donors (Lipinski definition) is 1. The Morgan fingerprint density at radius 1 is 1.22 bits per heavy atom. The van der Waals surface area contributed by atoms with E-state index in [-0.39, 0.29) is 23.6 Å². The minimum atomic E-state index is -0.507. The number of nitrogens with one attached hydrogen (secondary N) is 1. The fraction of sp³-hybridized carbons (Fsp3) is 0.360. The highest BCUT2D eigenvalue weighted by Gasteiger charge is 2.37. The van der Waals surface area contributed by atoms with Crippen molar-refractivity contribution in [1.29, 1.82) is 0 Å². The minimum Gasteiger partial charge on any atom is -0.366 e. The van der Waals surface area contributed by atoms with E-state index in [9.17, 15) is 14.0 Å². The largest absolute Gasteiger partial charge is 0.366 e. The third kappa shape index (κ3) is 3.99. The van der Waals surface area contributed by atoms with Gasteiger partial charge >= 0.3 is 6.03 Å². The fourth-order valence-electron chi connectivity index (χ4n) is 4.87. The summed E-state index contributed by atoms with van der Waals surface area (Å²) in [6.07, 6.45) is 2.64. The maximum atomic E-state index is 13.1. The highest BCUT2D eigenvalue weighted by Crippen LogP contribution is 2.45. The molecule has 2 aromatic carbocycles. The predicted molar refractivity (Wildman–Crippen MR) is 125 cm³/mol. The van der Waals surface area contributed by atoms with Crippen molar-refractivity contribution in [2.75, 3.05) is 11.4 Å². The maximum absolute atomic E-state index is 13.1. The molecule has 5 nitrogen and oxygen atoms in total. The smallest absolute Gasteiger partial charge is 0.329 e. The SMILES string of the molecule is CCN1c2cc(Cl)c(/C=C3/NC(=O)N(Cc4ccc(F)cc4)C3=O)cc2C(C)CC1(C)C. The summed E-state index contributed by atoms with van der Waals surface area (Å²) in [4.78, 5) is 28.8. The van der Waals surface area contributed by atoms with Gasteiger partial charge in [-0.25, -0.2) is 9.18 Å². The molecule has 4 rings (SSSR count). The normalized spacial score (nSPS) is 21.2. The van der Waals surface area contributed by atoms with Crippen molar-refractivity contribution in [2.24, 2.45) is 0 Å². The van der Waals surface area contributed by atoms with E-state index in [1.165, 1.54) is 17.7 Å². The highest BCUT2D eigenvalue weighted by molar-refractivity contribution is 6.32. The first-order valence-corrected chi connectivity index (χ1v) is 11.2. The van der Waals surface area contributed by atoms with E-state index in [1.54, 1.807) is 18.2 Å². The molecule has 2 heterocycles. The Hall–Kier alpha value is -2.86. The van der Waals surface area contributed by atoms with Crippen molar-refractivity contribution in [3.8, 4) is 0 Å². The van der Waals surface area contributed by atoms with Gasteiger partial charge in [0.05, 0.1) is 6.54 Å². The van der Waals surface area contributed by atoms with E-state index in [0.717, 1.165) is 23.6 Å². The lowest BCUT2D eigenvalue weighted by Gasteiger charge is -2.47. The first kappa shape index (κ1) is 22.3. The Kier molecular flexibility index (Phi) is 5.76. The van der Waals surface area contributed by atoms with E-state index in [0.29, 0.717) is 22.1 Å². The van der Waals surface area contributed by atoms with Gasteiger partial charge in [0.1, 0.15) is 11.5 Å². The molecule has 1 fully saturated rings. The van der Waals surface area contributed by atoms with Gasteiger partial charge in [-0.05, 0) is 80.1 Å². The summed E-state index contributed by atoms with van der Waals surface area (Å²) in [5.41, 5.74) is 3.86. The van der Waals surface area contributed by atoms with Gasteiger partial charge in [-0.3, -0.25) is 9.69 Å². The van der Waals surface area contributed by atoms with E-state index in [1.807, 2.05) is 12.1 Å². The van der Waals surface area contributed by atoms with Crippen molar-refractivity contribution in [1.82, 2.24) is 10.2 Å². The zero-order chi connectivity index (χ0) is 23.2. The Balaban J connectivity index is 1.64. The number of fused-ring (bicyclic) bond motifs is 1. The van der Waals surface area contributed by atoms with Crippen molar-refractivity contribution in [3.63, 3.8) is 0 Å². The van der Waals surface area contributed by atoms with Gasteiger partial charge in [0.25, 0.3) is 5.91 Å². The first-order chi connectivity index (χ1) is 15.1. The molecule has 0 radical (unpaired) electrons. The molecule has 1 N–H and O–H groups in total. The van der Waals surface area contributed by atoms with Crippen LogP contribution in [0.3, 0.4) is 0 Å². The van der Waals surface area contributed by atoms with Crippen LogP contribution in [-0.2, 0) is 11.3 Å². The monoisotopic (exact) mass is 455 g/mol. The molecule has 0 aliphatic carbocycles. The molecular formula is C25H27ClFN3O2. The Bertz CT molecular complexity index is 1110. The number of imide groups is 1. The van der Waals surface area contributed by atoms with Crippen LogP contribution in [0.5, 0.6) is 0 Å². The molecule has 1 unspecified atom stereocenters. The number of benzene rings is 2. The zero-order valence-corrected chi connectivity index (χ0v) is 19.5. The van der Waals surface area contributed by atoms with E-state index in [2.05, 4.69) is 37.9 Å². The summed E-state index contributed by atoms with van der Waals surface area (Å²) in [6, 6.07) is 9.20. The van der Waals surface area contributed by atoms with Crippen LogP contribution in [0.4, 0.5) is 14.9 Å². The molecule has 7 heteroatoms. The topological polar surface area (TPSA) is 52.7 Å². The van der Waals surface area contributed by atoms with Gasteiger partial charge < -0.3 is 10.2 Å². The van der Waals surface area contributed by atoms with E-state index in [4.69, 9.17) is 11.6 Å². The van der Waals surface area contributed by atoms with Crippen LogP contribution in [-0.4, -0.2) is 28.9 Å². The predicted octanol–water partition coefficient (Wildman–Crippen LogP) is 5.68. The molecule has 2 aliphatic heterocycles. The molecule has 1 atom stereocenters. The van der Waals surface area contributed by atoms with E-state index < -0.39 is 11.9 Å². The summed E-state index contributed by atoms with van der Waals surface area (Å²) in [6.45, 7) is 9.75. The molecule has 0 saturated carbocycles. The summed E-state index contributed by atoms with van der Waals surface area (Å²) < 4.78 is 13.1. The average molecular weight is 456 g/mol. The summed E-state index contributed by atoms with van der Waals surface area (Å²) >= 11 is 6.62. The Labute approximate surface area is 192 Å². The standard InChI is InChI=1S/C25H27ClFN3O2/c1-5-30-22-12-20(26)17(10-19(22)15(2)13-25(30,3)4)11-21-23(31)29(24(32)28-21)14-16-6-8-18(27)9-7-16/h6-12,15H,5,13-14H2,1-4H3,(H,28,32)/b21-11+. The van der Waals surface area contributed by atoms with Crippen LogP contribution >= 0.6 is 11.6 Å². The molecule has 32 heavy (non-hydrogen) atoms. The second-order valence-corrected chi connectivity index (χ2v) is 9.51. The van der Waals surface area contributed by atoms with Crippen molar-refractivity contribution in [3.05, 3.63) is 69.6 Å². The van der Waals surface area contributed by atoms with Crippen LogP contribution in [0.25, 0.3) is 6.08 Å². The Morgan fingerprint density at radius 3 is 2.56 bits per heavy atom. The molecule has 2 aromatic rings. The lowest BCUT2D eigenvalue weighted by molar-refractivity contribution is -0.123. The molecular weight excluding hydrogens is 429 g/mol. The fourth-order valence-corrected chi connectivity index (χ4v) is 5.09. The van der Waals surface area contributed by atoms with Crippen molar-refractivity contribution < 1.29 is 14.0 Å². The first-order valence-electron chi connectivity index (χ1n) is 10.8. The Morgan fingerprint density at radius 2 is 1.91 bits per heavy atom. The van der Waals surface area contributed by atoms with Crippen molar-refractivity contribution in [2.45, 2.75) is 52.1 Å². The van der Waals surface area contributed by atoms with Crippen LogP contribution in [0.15, 0.2) is 42.1 Å². The van der Waals surface area contributed by atoms with Gasteiger partial charge in [0, 0.05) is 22.8 Å². The number of hydrogen-bond acceptors (Lipinski definition) is 3. The number of anilines is 1. The van der Waals surface area contributed by atoms with Gasteiger partial charge in [0.2, 0.25) is 0 Å². The third-order valence-corrected chi connectivity index (χ3v) is 6.66. The molecule has 168 valence electrons. The van der Waals surface area contributed by atoms with Gasteiger partial charge in [-0.15, -0.1) is 0 Å². The maximum Gasteiger partial charge on any atom is 0.329 e. The third-order valence-electron chi connectivity index (χ3n) is 6.34. The van der Waals surface area contributed by atoms with Crippen molar-refractivity contribution >= 4 is 35.3 Å². The second-order valence-electron chi connectivity index (χ2n) is 9.10. The quantitative estimate of drug-likeness (QED) is 0.476. The number of carbonyl (C=O) groups excluding carboxylic acids is 2. The van der Waals surface area contributed by atoms with Crippen LogP contribution in [0.1, 0.15) is 56.7 Å². The summed E-state index contributed by atoms with van der Waals surface area (Å²) in [7, 11) is 0. The van der Waals surface area contributed by atoms with Crippen LogP contribution in [0, 0.1) is 5.82 Å².